The molecule has 116 valence electrons. The number of ether oxygens (including phenoxy) is 1. The molecule has 2 aromatic rings. The van der Waals surface area contributed by atoms with Crippen LogP contribution in [0.25, 0.3) is 0 Å². The van der Waals surface area contributed by atoms with E-state index in [0.29, 0.717) is 16.6 Å². The normalized spacial score (nSPS) is 10.3. The minimum Gasteiger partial charge on any atom is -0.497 e. The van der Waals surface area contributed by atoms with E-state index in [2.05, 4.69) is 15.3 Å². The Kier molecular flexibility index (Phi) is 5.60. The summed E-state index contributed by atoms with van der Waals surface area (Å²) in [6.07, 6.45) is 0.0904. The number of aromatic amines is 1. The van der Waals surface area contributed by atoms with E-state index in [4.69, 9.17) is 4.74 Å². The van der Waals surface area contributed by atoms with Crippen molar-refractivity contribution in [3.8, 4) is 5.75 Å². The zero-order valence-corrected chi connectivity index (χ0v) is 13.2. The molecular formula is C15H17N3O3S. The van der Waals surface area contributed by atoms with Gasteiger partial charge in [0.25, 0.3) is 5.56 Å². The van der Waals surface area contributed by atoms with Crippen molar-refractivity contribution in [2.45, 2.75) is 17.3 Å². The van der Waals surface area contributed by atoms with Crippen molar-refractivity contribution in [3.05, 3.63) is 51.9 Å². The van der Waals surface area contributed by atoms with Crippen LogP contribution in [0.5, 0.6) is 5.75 Å². The van der Waals surface area contributed by atoms with Gasteiger partial charge in [-0.3, -0.25) is 9.59 Å². The van der Waals surface area contributed by atoms with Gasteiger partial charge < -0.3 is 15.0 Å². The van der Waals surface area contributed by atoms with Crippen molar-refractivity contribution >= 4 is 17.7 Å². The highest BCUT2D eigenvalue weighted by atomic mass is 32.2. The number of methoxy groups -OCH3 is 1. The summed E-state index contributed by atoms with van der Waals surface area (Å²) in [5.74, 6) is 1.25. The number of nitrogens with one attached hydrogen (secondary N) is 2. The van der Waals surface area contributed by atoms with Crippen molar-refractivity contribution in [1.29, 1.82) is 0 Å². The maximum absolute atomic E-state index is 11.6. The van der Waals surface area contributed by atoms with Gasteiger partial charge in [-0.2, -0.15) is 0 Å². The third-order valence-corrected chi connectivity index (χ3v) is 3.85. The van der Waals surface area contributed by atoms with Crippen molar-refractivity contribution < 1.29 is 9.53 Å². The SMILES string of the molecule is CNC(=O)Cc1cc(=O)[nH]c(SCc2cccc(OC)c2)n1. The molecule has 0 aliphatic heterocycles. The maximum atomic E-state index is 11.6. The summed E-state index contributed by atoms with van der Waals surface area (Å²) in [5.41, 5.74) is 1.25. The van der Waals surface area contributed by atoms with E-state index in [1.165, 1.54) is 17.8 Å². The molecule has 0 aliphatic rings. The first-order valence-corrected chi connectivity index (χ1v) is 7.66. The zero-order valence-electron chi connectivity index (χ0n) is 12.4. The average molecular weight is 319 g/mol. The number of likely N-dealkylation sites (N-methyl/N-ethyl adjacent to an activating group) is 1. The second-order valence-corrected chi connectivity index (χ2v) is 5.50. The smallest absolute Gasteiger partial charge is 0.251 e. The number of aromatic nitrogens is 2. The molecule has 22 heavy (non-hydrogen) atoms. The summed E-state index contributed by atoms with van der Waals surface area (Å²) < 4.78 is 5.17. The Balaban J connectivity index is 2.08. The molecule has 0 saturated carbocycles. The van der Waals surface area contributed by atoms with E-state index < -0.39 is 0 Å². The minimum atomic E-state index is -0.262. The molecule has 2 rings (SSSR count). The fraction of sp³-hybridized carbons (Fsp3) is 0.267. The van der Waals surface area contributed by atoms with Crippen LogP contribution >= 0.6 is 11.8 Å². The van der Waals surface area contributed by atoms with Gasteiger partial charge in [0, 0.05) is 18.9 Å². The number of amides is 1. The summed E-state index contributed by atoms with van der Waals surface area (Å²) in [6, 6.07) is 9.03. The number of hydrogen-bond acceptors (Lipinski definition) is 5. The molecule has 0 aliphatic carbocycles. The van der Waals surface area contributed by atoms with Crippen LogP contribution < -0.4 is 15.6 Å². The molecule has 0 saturated heterocycles. The fourth-order valence-electron chi connectivity index (χ4n) is 1.81. The molecule has 1 heterocycles. The van der Waals surface area contributed by atoms with Crippen LogP contribution in [0.3, 0.4) is 0 Å². The predicted molar refractivity (Wildman–Crippen MR) is 85.2 cm³/mol. The quantitative estimate of drug-likeness (QED) is 0.620. The van der Waals surface area contributed by atoms with Crippen LogP contribution in [-0.2, 0) is 17.0 Å². The van der Waals surface area contributed by atoms with Crippen molar-refractivity contribution in [3.63, 3.8) is 0 Å². The molecule has 2 N–H and O–H groups in total. The first-order valence-electron chi connectivity index (χ1n) is 6.67. The Labute approximate surface area is 132 Å². The minimum absolute atomic E-state index is 0.0904. The second-order valence-electron chi connectivity index (χ2n) is 4.53. The van der Waals surface area contributed by atoms with Gasteiger partial charge in [0.2, 0.25) is 5.91 Å². The molecule has 0 spiro atoms. The lowest BCUT2D eigenvalue weighted by atomic mass is 10.2. The number of thioether (sulfide) groups is 1. The van der Waals surface area contributed by atoms with Gasteiger partial charge in [-0.25, -0.2) is 4.98 Å². The van der Waals surface area contributed by atoms with Crippen LogP contribution in [0.1, 0.15) is 11.3 Å². The van der Waals surface area contributed by atoms with Crippen LogP contribution in [0, 0.1) is 0 Å². The number of carbonyl (C=O) groups is 1. The largest absolute Gasteiger partial charge is 0.497 e. The summed E-state index contributed by atoms with van der Waals surface area (Å²) >= 11 is 1.40. The van der Waals surface area contributed by atoms with Crippen LogP contribution in [0.2, 0.25) is 0 Å². The first kappa shape index (κ1) is 16.1. The number of H-pyrrole nitrogens is 1. The summed E-state index contributed by atoms with van der Waals surface area (Å²) in [4.78, 5) is 30.0. The molecule has 6 nitrogen and oxygen atoms in total. The number of carbonyl (C=O) groups excluding carboxylic acids is 1. The molecule has 0 fully saturated rings. The van der Waals surface area contributed by atoms with E-state index in [9.17, 15) is 9.59 Å². The van der Waals surface area contributed by atoms with Crippen molar-refractivity contribution in [2.75, 3.05) is 14.2 Å². The maximum Gasteiger partial charge on any atom is 0.251 e. The summed E-state index contributed by atoms with van der Waals surface area (Å²) in [7, 11) is 3.17. The van der Waals surface area contributed by atoms with Crippen molar-refractivity contribution in [2.24, 2.45) is 0 Å². The van der Waals surface area contributed by atoms with Crippen molar-refractivity contribution in [1.82, 2.24) is 15.3 Å². The van der Waals surface area contributed by atoms with Gasteiger partial charge in [0.05, 0.1) is 19.2 Å². The second kappa shape index (κ2) is 7.65. The van der Waals surface area contributed by atoms with E-state index >= 15 is 0 Å². The number of benzene rings is 1. The van der Waals surface area contributed by atoms with Gasteiger partial charge >= 0.3 is 0 Å². The highest BCUT2D eigenvalue weighted by Crippen LogP contribution is 2.21. The van der Waals surface area contributed by atoms with E-state index in [1.54, 1.807) is 14.2 Å². The first-order chi connectivity index (χ1) is 10.6. The lowest BCUT2D eigenvalue weighted by molar-refractivity contribution is -0.120. The molecule has 0 unspecified atom stereocenters. The highest BCUT2D eigenvalue weighted by Gasteiger charge is 2.07. The summed E-state index contributed by atoms with van der Waals surface area (Å²) in [6.45, 7) is 0. The molecular weight excluding hydrogens is 302 g/mol. The van der Waals surface area contributed by atoms with Gasteiger partial charge in [-0.15, -0.1) is 0 Å². The molecule has 1 amide bonds. The van der Waals surface area contributed by atoms with Gasteiger partial charge in [0.1, 0.15) is 5.75 Å². The Morgan fingerprint density at radius 2 is 2.23 bits per heavy atom. The molecule has 0 radical (unpaired) electrons. The third-order valence-electron chi connectivity index (χ3n) is 2.90. The topological polar surface area (TPSA) is 84.1 Å². The van der Waals surface area contributed by atoms with E-state index in [0.717, 1.165) is 11.3 Å². The number of rotatable bonds is 6. The van der Waals surface area contributed by atoms with Crippen LogP contribution in [-0.4, -0.2) is 30.0 Å². The summed E-state index contributed by atoms with van der Waals surface area (Å²) in [5, 5.41) is 3.01. The van der Waals surface area contributed by atoms with Gasteiger partial charge in [-0.05, 0) is 17.7 Å². The number of nitrogens with zero attached hydrogens (tertiary/aromatic N) is 1. The van der Waals surface area contributed by atoms with Crippen LogP contribution in [0.15, 0.2) is 40.3 Å². The zero-order chi connectivity index (χ0) is 15.9. The molecule has 7 heteroatoms. The average Bonchev–Trinajstić information content (AvgIpc) is 2.52. The fourth-order valence-corrected chi connectivity index (χ4v) is 2.65. The molecule has 0 bridgehead atoms. The Hall–Kier alpha value is -2.28. The molecule has 1 aromatic carbocycles. The highest BCUT2D eigenvalue weighted by molar-refractivity contribution is 7.98. The van der Waals surface area contributed by atoms with Gasteiger partial charge in [-0.1, -0.05) is 23.9 Å². The third kappa shape index (κ3) is 4.63. The van der Waals surface area contributed by atoms with Gasteiger partial charge in [0.15, 0.2) is 5.16 Å². The predicted octanol–water partition coefficient (Wildman–Crippen LogP) is 1.36. The van der Waals surface area contributed by atoms with E-state index in [-0.39, 0.29) is 17.9 Å². The lowest BCUT2D eigenvalue weighted by Crippen LogP contribution is -2.22. The van der Waals surface area contributed by atoms with Crippen LogP contribution in [0.4, 0.5) is 0 Å². The Bertz CT molecular complexity index is 715. The Morgan fingerprint density at radius 3 is 2.95 bits per heavy atom. The lowest BCUT2D eigenvalue weighted by Gasteiger charge is -2.05. The number of hydrogen-bond donors (Lipinski definition) is 2. The van der Waals surface area contributed by atoms with E-state index in [1.807, 2.05) is 24.3 Å². The monoisotopic (exact) mass is 319 g/mol. The standard InChI is InChI=1S/C15H17N3O3S/c1-16-13(19)7-11-8-14(20)18-15(17-11)22-9-10-4-3-5-12(6-10)21-2/h3-6,8H,7,9H2,1-2H3,(H,16,19)(H,17,18,20). The molecule has 0 atom stereocenters. The molecule has 1 aromatic heterocycles. The Morgan fingerprint density at radius 1 is 1.41 bits per heavy atom.